The van der Waals surface area contributed by atoms with E-state index in [-0.39, 0.29) is 12.4 Å². The van der Waals surface area contributed by atoms with Crippen molar-refractivity contribution in [3.8, 4) is 5.75 Å². The smallest absolute Gasteiger partial charge is 0.420 e. The summed E-state index contributed by atoms with van der Waals surface area (Å²) < 4.78 is 43.7. The second-order valence-electron chi connectivity index (χ2n) is 3.61. The van der Waals surface area contributed by atoms with Gasteiger partial charge in [0.2, 0.25) is 0 Å². The summed E-state index contributed by atoms with van der Waals surface area (Å²) >= 11 is 3.05. The first-order valence-corrected chi connectivity index (χ1v) is 5.48. The number of hydrogen-bond donors (Lipinski definition) is 1. The van der Waals surface area contributed by atoms with Crippen LogP contribution in [-0.2, 0) is 6.18 Å². The molecule has 1 heterocycles. The number of rotatable bonds is 0. The van der Waals surface area contributed by atoms with Gasteiger partial charge in [0.25, 0.3) is 0 Å². The van der Waals surface area contributed by atoms with Gasteiger partial charge in [-0.05, 0) is 12.1 Å². The Bertz CT molecular complexity index is 419. The highest BCUT2D eigenvalue weighted by Gasteiger charge is 2.37. The highest BCUT2D eigenvalue weighted by atomic mass is 79.9. The third-order valence-corrected chi connectivity index (χ3v) is 2.92. The van der Waals surface area contributed by atoms with Gasteiger partial charge in [0.05, 0.1) is 12.2 Å². The van der Waals surface area contributed by atoms with E-state index in [1.54, 1.807) is 6.07 Å². The number of benzene rings is 1. The molecule has 1 atom stereocenters. The molecular weight excluding hydrogens is 287 g/mol. The van der Waals surface area contributed by atoms with Crippen LogP contribution >= 0.6 is 15.9 Å². The highest BCUT2D eigenvalue weighted by molar-refractivity contribution is 9.10. The van der Waals surface area contributed by atoms with E-state index in [1.165, 1.54) is 0 Å². The van der Waals surface area contributed by atoms with E-state index >= 15 is 0 Å². The first-order chi connectivity index (χ1) is 7.39. The molecule has 0 amide bonds. The lowest BCUT2D eigenvalue weighted by molar-refractivity contribution is -0.139. The fraction of sp³-hybridized carbons (Fsp3) is 0.400. The Hall–Kier alpha value is -0.750. The molecule has 6 heteroatoms. The molecule has 2 rings (SSSR count). The van der Waals surface area contributed by atoms with Gasteiger partial charge in [-0.1, -0.05) is 15.9 Å². The molecular formula is C10H9BrF3NO. The molecule has 1 aromatic rings. The van der Waals surface area contributed by atoms with Gasteiger partial charge >= 0.3 is 6.18 Å². The molecule has 88 valence electrons. The van der Waals surface area contributed by atoms with Crippen molar-refractivity contribution in [3.63, 3.8) is 0 Å². The Labute approximate surface area is 98.7 Å². The molecule has 0 bridgehead atoms. The molecule has 0 saturated heterocycles. The van der Waals surface area contributed by atoms with Crippen LogP contribution in [0.25, 0.3) is 0 Å². The normalized spacial score (nSPS) is 20.2. The van der Waals surface area contributed by atoms with Gasteiger partial charge in [-0.25, -0.2) is 0 Å². The van der Waals surface area contributed by atoms with Crippen molar-refractivity contribution in [2.45, 2.75) is 18.6 Å². The van der Waals surface area contributed by atoms with Gasteiger partial charge in [0.15, 0.2) is 0 Å². The van der Waals surface area contributed by atoms with Crippen LogP contribution in [0.5, 0.6) is 5.75 Å². The minimum absolute atomic E-state index is 0.130. The van der Waals surface area contributed by atoms with E-state index in [9.17, 15) is 13.2 Å². The topological polar surface area (TPSA) is 35.2 Å². The molecule has 1 aliphatic rings. The Morgan fingerprint density at radius 1 is 1.38 bits per heavy atom. The van der Waals surface area contributed by atoms with Gasteiger partial charge in [-0.2, -0.15) is 13.2 Å². The number of hydrogen-bond acceptors (Lipinski definition) is 2. The minimum atomic E-state index is -4.43. The first-order valence-electron chi connectivity index (χ1n) is 4.68. The third kappa shape index (κ3) is 2.04. The summed E-state index contributed by atoms with van der Waals surface area (Å²) in [5, 5.41) is 0. The molecule has 0 fully saturated rings. The summed E-state index contributed by atoms with van der Waals surface area (Å²) in [6.07, 6.45) is -3.90. The Kier molecular flexibility index (Phi) is 2.88. The van der Waals surface area contributed by atoms with Gasteiger partial charge in [0.1, 0.15) is 5.75 Å². The molecule has 1 aromatic carbocycles. The van der Waals surface area contributed by atoms with Crippen LogP contribution in [0.15, 0.2) is 16.6 Å². The molecule has 0 aromatic heterocycles. The molecule has 2 N–H and O–H groups in total. The van der Waals surface area contributed by atoms with Crippen molar-refractivity contribution < 1.29 is 17.9 Å². The lowest BCUT2D eigenvalue weighted by Crippen LogP contribution is -2.23. The van der Waals surface area contributed by atoms with Crippen molar-refractivity contribution in [1.29, 1.82) is 0 Å². The van der Waals surface area contributed by atoms with Crippen molar-refractivity contribution in [2.24, 2.45) is 5.73 Å². The fourth-order valence-electron chi connectivity index (χ4n) is 1.71. The monoisotopic (exact) mass is 295 g/mol. The summed E-state index contributed by atoms with van der Waals surface area (Å²) in [7, 11) is 0. The fourth-order valence-corrected chi connectivity index (χ4v) is 2.18. The maximum Gasteiger partial charge on any atom is 0.420 e. The average molecular weight is 296 g/mol. The Morgan fingerprint density at radius 2 is 2.06 bits per heavy atom. The molecule has 16 heavy (non-hydrogen) atoms. The third-order valence-electron chi connectivity index (χ3n) is 2.46. The predicted molar refractivity (Wildman–Crippen MR) is 56.2 cm³/mol. The number of halogens is 4. The van der Waals surface area contributed by atoms with E-state index in [1.807, 2.05) is 0 Å². The molecule has 0 saturated carbocycles. The van der Waals surface area contributed by atoms with Crippen molar-refractivity contribution in [2.75, 3.05) is 6.61 Å². The van der Waals surface area contributed by atoms with E-state index in [4.69, 9.17) is 10.5 Å². The van der Waals surface area contributed by atoms with Crippen LogP contribution in [0.3, 0.4) is 0 Å². The zero-order valence-electron chi connectivity index (χ0n) is 8.14. The SMILES string of the molecule is N[C@@H]1CCOc2c1cc(Br)cc2C(F)(F)F. The maximum atomic E-state index is 12.7. The summed E-state index contributed by atoms with van der Waals surface area (Å²) in [6, 6.07) is 2.19. The summed E-state index contributed by atoms with van der Waals surface area (Å²) in [5.41, 5.74) is 5.40. The molecule has 0 unspecified atom stereocenters. The minimum Gasteiger partial charge on any atom is -0.493 e. The van der Waals surface area contributed by atoms with Crippen LogP contribution in [0.1, 0.15) is 23.6 Å². The molecule has 0 spiro atoms. The maximum absolute atomic E-state index is 12.7. The highest BCUT2D eigenvalue weighted by Crippen LogP contribution is 2.43. The number of alkyl halides is 3. The van der Waals surface area contributed by atoms with Crippen LogP contribution in [0.2, 0.25) is 0 Å². The molecule has 0 aliphatic carbocycles. The number of nitrogens with two attached hydrogens (primary N) is 1. The molecule has 1 aliphatic heterocycles. The van der Waals surface area contributed by atoms with E-state index in [2.05, 4.69) is 15.9 Å². The van der Waals surface area contributed by atoms with Crippen molar-refractivity contribution in [1.82, 2.24) is 0 Å². The quantitative estimate of drug-likeness (QED) is 0.797. The zero-order valence-corrected chi connectivity index (χ0v) is 9.73. The Balaban J connectivity index is 2.62. The molecule has 0 radical (unpaired) electrons. The van der Waals surface area contributed by atoms with Crippen molar-refractivity contribution >= 4 is 15.9 Å². The second kappa shape index (κ2) is 3.92. The van der Waals surface area contributed by atoms with E-state index in [0.29, 0.717) is 16.5 Å². The van der Waals surface area contributed by atoms with Gasteiger partial charge in [-0.15, -0.1) is 0 Å². The van der Waals surface area contributed by atoms with Gasteiger partial charge < -0.3 is 10.5 Å². The molecule has 2 nitrogen and oxygen atoms in total. The van der Waals surface area contributed by atoms with Gasteiger partial charge in [-0.3, -0.25) is 0 Å². The number of fused-ring (bicyclic) bond motifs is 1. The lowest BCUT2D eigenvalue weighted by Gasteiger charge is -2.26. The summed E-state index contributed by atoms with van der Waals surface area (Å²) in [5.74, 6) is -0.130. The zero-order chi connectivity index (χ0) is 11.9. The standard InChI is InChI=1S/C10H9BrF3NO/c11-5-3-6-8(15)1-2-16-9(6)7(4-5)10(12,13)14/h3-4,8H,1-2,15H2/t8-/m1/s1. The van der Waals surface area contributed by atoms with Crippen LogP contribution in [0, 0.1) is 0 Å². The van der Waals surface area contributed by atoms with E-state index in [0.717, 1.165) is 6.07 Å². The second-order valence-corrected chi connectivity index (χ2v) is 4.53. The van der Waals surface area contributed by atoms with Crippen LogP contribution in [0.4, 0.5) is 13.2 Å². The summed E-state index contributed by atoms with van der Waals surface area (Å²) in [6.45, 7) is 0.221. The first kappa shape index (κ1) is 11.7. The lowest BCUT2D eigenvalue weighted by atomic mass is 9.98. The van der Waals surface area contributed by atoms with Crippen LogP contribution in [-0.4, -0.2) is 6.61 Å². The summed E-state index contributed by atoms with van der Waals surface area (Å²) in [4.78, 5) is 0. The number of ether oxygens (including phenoxy) is 1. The van der Waals surface area contributed by atoms with Crippen molar-refractivity contribution in [3.05, 3.63) is 27.7 Å². The van der Waals surface area contributed by atoms with Gasteiger partial charge in [0, 0.05) is 22.5 Å². The predicted octanol–water partition coefficient (Wildman–Crippen LogP) is 3.25. The van der Waals surface area contributed by atoms with Crippen LogP contribution < -0.4 is 10.5 Å². The largest absolute Gasteiger partial charge is 0.493 e. The average Bonchev–Trinajstić information content (AvgIpc) is 2.17. The Morgan fingerprint density at radius 3 is 2.69 bits per heavy atom. The van der Waals surface area contributed by atoms with E-state index < -0.39 is 17.8 Å².